The Morgan fingerprint density at radius 2 is 2.16 bits per heavy atom. The lowest BCUT2D eigenvalue weighted by Gasteiger charge is -2.07. The molecule has 19 heavy (non-hydrogen) atoms. The van der Waals surface area contributed by atoms with Crippen LogP contribution in [0.25, 0.3) is 0 Å². The van der Waals surface area contributed by atoms with Crippen LogP contribution in [-0.4, -0.2) is 12.2 Å². The SMILES string of the molecule is CC(=O)Nc1ccccc1Sc1oc(C=O)cc1Br. The van der Waals surface area contributed by atoms with E-state index in [2.05, 4.69) is 21.2 Å². The molecule has 98 valence electrons. The molecule has 0 spiro atoms. The second-order valence-electron chi connectivity index (χ2n) is 3.68. The van der Waals surface area contributed by atoms with Gasteiger partial charge in [-0.1, -0.05) is 12.1 Å². The minimum absolute atomic E-state index is 0.139. The number of hydrogen-bond donors (Lipinski definition) is 1. The first-order valence-electron chi connectivity index (χ1n) is 5.39. The van der Waals surface area contributed by atoms with Crippen LogP contribution < -0.4 is 5.32 Å². The largest absolute Gasteiger partial charge is 0.445 e. The van der Waals surface area contributed by atoms with Crippen molar-refractivity contribution < 1.29 is 14.0 Å². The van der Waals surface area contributed by atoms with Gasteiger partial charge in [0.15, 0.2) is 17.1 Å². The van der Waals surface area contributed by atoms with E-state index in [-0.39, 0.29) is 11.7 Å². The maximum atomic E-state index is 11.1. The van der Waals surface area contributed by atoms with Gasteiger partial charge in [0, 0.05) is 17.9 Å². The summed E-state index contributed by atoms with van der Waals surface area (Å²) in [7, 11) is 0. The number of nitrogens with one attached hydrogen (secondary N) is 1. The predicted octanol–water partition coefficient (Wildman–Crippen LogP) is 3.96. The number of benzene rings is 1. The molecule has 2 aromatic rings. The van der Waals surface area contributed by atoms with E-state index in [1.165, 1.54) is 18.7 Å². The highest BCUT2D eigenvalue weighted by atomic mass is 79.9. The summed E-state index contributed by atoms with van der Waals surface area (Å²) in [5.74, 6) is 0.117. The van der Waals surface area contributed by atoms with Gasteiger partial charge in [0.25, 0.3) is 0 Å². The zero-order chi connectivity index (χ0) is 13.8. The van der Waals surface area contributed by atoms with Gasteiger partial charge >= 0.3 is 0 Å². The quantitative estimate of drug-likeness (QED) is 0.856. The van der Waals surface area contributed by atoms with Crippen LogP contribution in [0.1, 0.15) is 17.5 Å². The molecule has 0 aliphatic carbocycles. The Morgan fingerprint density at radius 1 is 1.42 bits per heavy atom. The lowest BCUT2D eigenvalue weighted by Crippen LogP contribution is -2.06. The number of carbonyl (C=O) groups excluding carboxylic acids is 2. The van der Waals surface area contributed by atoms with E-state index in [1.807, 2.05) is 18.2 Å². The Balaban J connectivity index is 2.29. The number of carbonyl (C=O) groups is 2. The first-order chi connectivity index (χ1) is 9.10. The fourth-order valence-corrected chi connectivity index (χ4v) is 2.86. The second kappa shape index (κ2) is 6.08. The van der Waals surface area contributed by atoms with E-state index < -0.39 is 0 Å². The van der Waals surface area contributed by atoms with Gasteiger partial charge < -0.3 is 9.73 Å². The van der Waals surface area contributed by atoms with Gasteiger partial charge in [-0.25, -0.2) is 0 Å². The maximum absolute atomic E-state index is 11.1. The summed E-state index contributed by atoms with van der Waals surface area (Å²) in [6.07, 6.45) is 0.647. The zero-order valence-corrected chi connectivity index (χ0v) is 12.4. The molecule has 0 saturated heterocycles. The molecular weight excluding hydrogens is 330 g/mol. The van der Waals surface area contributed by atoms with Crippen molar-refractivity contribution in [3.63, 3.8) is 0 Å². The Bertz CT molecular complexity index is 624. The first-order valence-corrected chi connectivity index (χ1v) is 7.00. The van der Waals surface area contributed by atoms with Crippen molar-refractivity contribution in [3.05, 3.63) is 40.6 Å². The number of furan rings is 1. The molecule has 2 rings (SSSR count). The van der Waals surface area contributed by atoms with Crippen LogP contribution in [0.5, 0.6) is 0 Å². The molecule has 0 fully saturated rings. The van der Waals surface area contributed by atoms with E-state index in [0.29, 0.717) is 21.5 Å². The molecule has 1 aromatic heterocycles. The van der Waals surface area contributed by atoms with Crippen LogP contribution in [0, 0.1) is 0 Å². The van der Waals surface area contributed by atoms with Crippen molar-refractivity contribution in [1.29, 1.82) is 0 Å². The van der Waals surface area contributed by atoms with Gasteiger partial charge in [-0.2, -0.15) is 0 Å². The van der Waals surface area contributed by atoms with Crippen LogP contribution in [0.4, 0.5) is 5.69 Å². The molecule has 0 saturated carbocycles. The molecule has 0 atom stereocenters. The average molecular weight is 340 g/mol. The minimum Gasteiger partial charge on any atom is -0.445 e. The Labute approximate surface area is 122 Å². The summed E-state index contributed by atoms with van der Waals surface area (Å²) in [6, 6.07) is 8.98. The molecule has 1 amide bonds. The molecular formula is C13H10BrNO3S. The molecule has 4 nitrogen and oxygen atoms in total. The summed E-state index contributed by atoms with van der Waals surface area (Å²) in [5, 5.41) is 3.32. The van der Waals surface area contributed by atoms with Crippen molar-refractivity contribution in [2.45, 2.75) is 16.9 Å². The molecule has 0 aliphatic rings. The van der Waals surface area contributed by atoms with Crippen molar-refractivity contribution in [1.82, 2.24) is 0 Å². The first kappa shape index (κ1) is 13.9. The van der Waals surface area contributed by atoms with E-state index in [4.69, 9.17) is 4.42 Å². The molecule has 1 N–H and O–H groups in total. The lowest BCUT2D eigenvalue weighted by molar-refractivity contribution is -0.114. The molecule has 0 unspecified atom stereocenters. The second-order valence-corrected chi connectivity index (χ2v) is 5.55. The third kappa shape index (κ3) is 3.48. The summed E-state index contributed by atoms with van der Waals surface area (Å²) in [5.41, 5.74) is 0.705. The fourth-order valence-electron chi connectivity index (χ4n) is 1.45. The molecule has 0 aliphatic heterocycles. The fraction of sp³-hybridized carbons (Fsp3) is 0.0769. The van der Waals surface area contributed by atoms with Crippen molar-refractivity contribution in [3.8, 4) is 0 Å². The van der Waals surface area contributed by atoms with Gasteiger partial charge in [-0.15, -0.1) is 0 Å². The molecule has 0 bridgehead atoms. The highest BCUT2D eigenvalue weighted by Gasteiger charge is 2.12. The maximum Gasteiger partial charge on any atom is 0.221 e. The smallest absolute Gasteiger partial charge is 0.221 e. The number of anilines is 1. The van der Waals surface area contributed by atoms with Crippen molar-refractivity contribution >= 4 is 45.6 Å². The number of rotatable bonds is 4. The highest BCUT2D eigenvalue weighted by Crippen LogP contribution is 2.38. The third-order valence-electron chi connectivity index (χ3n) is 2.19. The van der Waals surface area contributed by atoms with Crippen LogP contribution in [0.3, 0.4) is 0 Å². The van der Waals surface area contributed by atoms with Crippen LogP contribution in [0.15, 0.2) is 49.2 Å². The van der Waals surface area contributed by atoms with Crippen molar-refractivity contribution in [2.75, 3.05) is 5.32 Å². The summed E-state index contributed by atoms with van der Waals surface area (Å²) in [6.45, 7) is 1.45. The zero-order valence-electron chi connectivity index (χ0n) is 9.98. The van der Waals surface area contributed by atoms with E-state index >= 15 is 0 Å². The molecule has 1 aromatic carbocycles. The van der Waals surface area contributed by atoms with Gasteiger partial charge in [0.2, 0.25) is 5.91 Å². The van der Waals surface area contributed by atoms with Gasteiger partial charge in [0.1, 0.15) is 0 Å². The van der Waals surface area contributed by atoms with Crippen molar-refractivity contribution in [2.24, 2.45) is 0 Å². The van der Waals surface area contributed by atoms with Crippen LogP contribution in [-0.2, 0) is 4.79 Å². The molecule has 1 heterocycles. The Hall–Kier alpha value is -1.53. The van der Waals surface area contributed by atoms with Crippen LogP contribution >= 0.6 is 27.7 Å². The topological polar surface area (TPSA) is 59.3 Å². The number of halogens is 1. The number of aldehydes is 1. The summed E-state index contributed by atoms with van der Waals surface area (Å²) < 4.78 is 6.07. The number of para-hydroxylation sites is 1. The van der Waals surface area contributed by atoms with E-state index in [9.17, 15) is 9.59 Å². The lowest BCUT2D eigenvalue weighted by atomic mass is 10.3. The van der Waals surface area contributed by atoms with E-state index in [1.54, 1.807) is 12.1 Å². The Morgan fingerprint density at radius 3 is 2.79 bits per heavy atom. The van der Waals surface area contributed by atoms with Crippen LogP contribution in [0.2, 0.25) is 0 Å². The Kier molecular flexibility index (Phi) is 4.44. The monoisotopic (exact) mass is 339 g/mol. The standard InChI is InChI=1S/C13H10BrNO3S/c1-8(17)15-11-4-2-3-5-12(11)19-13-10(14)6-9(7-16)18-13/h2-7H,1H3,(H,15,17). The number of hydrogen-bond acceptors (Lipinski definition) is 4. The van der Waals surface area contributed by atoms with Gasteiger partial charge in [-0.3, -0.25) is 9.59 Å². The van der Waals surface area contributed by atoms with Gasteiger partial charge in [0.05, 0.1) is 10.2 Å². The predicted molar refractivity (Wildman–Crippen MR) is 76.7 cm³/mol. The molecule has 0 radical (unpaired) electrons. The third-order valence-corrected chi connectivity index (χ3v) is 4.11. The highest BCUT2D eigenvalue weighted by molar-refractivity contribution is 9.10. The van der Waals surface area contributed by atoms with Gasteiger partial charge in [-0.05, 0) is 39.8 Å². The minimum atomic E-state index is -0.139. The van der Waals surface area contributed by atoms with E-state index in [0.717, 1.165) is 4.90 Å². The summed E-state index contributed by atoms with van der Waals surface area (Å²) >= 11 is 4.66. The molecule has 6 heteroatoms. The average Bonchev–Trinajstić information content (AvgIpc) is 2.72. The normalized spacial score (nSPS) is 10.2. The number of amides is 1. The summed E-state index contributed by atoms with van der Waals surface area (Å²) in [4.78, 5) is 22.6.